The molecule has 3 N–H and O–H groups in total. The lowest BCUT2D eigenvalue weighted by Gasteiger charge is -2.08. The predicted molar refractivity (Wildman–Crippen MR) is 67.4 cm³/mol. The number of rotatable bonds is 1. The van der Waals surface area contributed by atoms with Gasteiger partial charge in [-0.3, -0.25) is 5.10 Å². The van der Waals surface area contributed by atoms with Crippen LogP contribution in [0.2, 0.25) is 0 Å². The van der Waals surface area contributed by atoms with Crippen molar-refractivity contribution >= 4 is 5.69 Å². The molecule has 0 amide bonds. The minimum Gasteiger partial charge on any atom is -0.395 e. The van der Waals surface area contributed by atoms with E-state index in [1.165, 1.54) is 16.7 Å². The van der Waals surface area contributed by atoms with E-state index in [0.717, 1.165) is 22.6 Å². The average molecular weight is 215 g/mol. The van der Waals surface area contributed by atoms with Gasteiger partial charge >= 0.3 is 0 Å². The van der Waals surface area contributed by atoms with Crippen LogP contribution in [0, 0.1) is 27.7 Å². The third-order valence-corrected chi connectivity index (χ3v) is 3.09. The summed E-state index contributed by atoms with van der Waals surface area (Å²) in [6.07, 6.45) is 0. The van der Waals surface area contributed by atoms with Crippen LogP contribution < -0.4 is 5.73 Å². The molecule has 1 aromatic heterocycles. The van der Waals surface area contributed by atoms with Gasteiger partial charge in [0.25, 0.3) is 0 Å². The van der Waals surface area contributed by atoms with Crippen molar-refractivity contribution in [2.24, 2.45) is 0 Å². The smallest absolute Gasteiger partial charge is 0.116 e. The third kappa shape index (κ3) is 1.58. The number of nitrogen functional groups attached to an aromatic ring is 1. The van der Waals surface area contributed by atoms with Gasteiger partial charge in [-0.25, -0.2) is 0 Å². The van der Waals surface area contributed by atoms with Crippen LogP contribution in [0.3, 0.4) is 0 Å². The van der Waals surface area contributed by atoms with Gasteiger partial charge in [0, 0.05) is 5.56 Å². The predicted octanol–water partition coefficient (Wildman–Crippen LogP) is 2.89. The van der Waals surface area contributed by atoms with E-state index >= 15 is 0 Å². The Labute approximate surface area is 95.7 Å². The van der Waals surface area contributed by atoms with Crippen LogP contribution in [0.5, 0.6) is 0 Å². The van der Waals surface area contributed by atoms with Crippen LogP contribution in [0.25, 0.3) is 11.3 Å². The molecule has 0 saturated carbocycles. The van der Waals surface area contributed by atoms with Crippen molar-refractivity contribution in [3.8, 4) is 11.3 Å². The molecule has 0 radical (unpaired) electrons. The van der Waals surface area contributed by atoms with Crippen molar-refractivity contribution in [3.05, 3.63) is 34.5 Å². The largest absolute Gasteiger partial charge is 0.395 e. The quantitative estimate of drug-likeness (QED) is 0.768. The summed E-state index contributed by atoms with van der Waals surface area (Å²) in [5, 5.41) is 7.19. The maximum atomic E-state index is 6.00. The first kappa shape index (κ1) is 10.7. The van der Waals surface area contributed by atoms with Crippen molar-refractivity contribution in [2.45, 2.75) is 27.7 Å². The molecule has 0 atom stereocenters. The molecule has 1 aromatic carbocycles. The molecule has 0 aliphatic heterocycles. The van der Waals surface area contributed by atoms with E-state index in [4.69, 9.17) is 5.73 Å². The number of benzene rings is 1. The van der Waals surface area contributed by atoms with E-state index in [1.807, 2.05) is 6.92 Å². The molecule has 84 valence electrons. The zero-order valence-electron chi connectivity index (χ0n) is 10.2. The first-order chi connectivity index (χ1) is 7.50. The number of H-pyrrole nitrogens is 1. The number of aryl methyl sites for hydroxylation is 4. The number of nitrogens with zero attached hydrogens (tertiary/aromatic N) is 1. The third-order valence-electron chi connectivity index (χ3n) is 3.09. The Bertz CT molecular complexity index is 538. The Morgan fingerprint density at radius 3 is 2.19 bits per heavy atom. The second-order valence-electron chi connectivity index (χ2n) is 4.36. The van der Waals surface area contributed by atoms with Gasteiger partial charge in [0.05, 0.1) is 11.4 Å². The van der Waals surface area contributed by atoms with Gasteiger partial charge < -0.3 is 5.73 Å². The molecule has 0 bridgehead atoms. The molecule has 0 spiro atoms. The fourth-order valence-corrected chi connectivity index (χ4v) is 1.86. The van der Waals surface area contributed by atoms with Crippen LogP contribution in [-0.2, 0) is 0 Å². The zero-order chi connectivity index (χ0) is 11.9. The molecular formula is C13H17N3. The average Bonchev–Trinajstić information content (AvgIpc) is 2.54. The first-order valence-corrected chi connectivity index (χ1v) is 5.39. The van der Waals surface area contributed by atoms with Crippen molar-refractivity contribution in [3.63, 3.8) is 0 Å². The standard InChI is InChI=1S/C13H17N3/c1-7-5-9(3)11(6-8(7)2)13-12(14)10(4)15-16-13/h5-6H,14H2,1-4H3,(H,15,16). The number of nitrogens with one attached hydrogen (secondary N) is 1. The second-order valence-corrected chi connectivity index (χ2v) is 4.36. The molecule has 2 aromatic rings. The van der Waals surface area contributed by atoms with Crippen LogP contribution >= 0.6 is 0 Å². The summed E-state index contributed by atoms with van der Waals surface area (Å²) in [4.78, 5) is 0. The number of hydrogen-bond donors (Lipinski definition) is 2. The molecule has 16 heavy (non-hydrogen) atoms. The molecule has 3 nitrogen and oxygen atoms in total. The summed E-state index contributed by atoms with van der Waals surface area (Å²) >= 11 is 0. The van der Waals surface area contributed by atoms with E-state index in [9.17, 15) is 0 Å². The summed E-state index contributed by atoms with van der Waals surface area (Å²) in [7, 11) is 0. The van der Waals surface area contributed by atoms with E-state index in [-0.39, 0.29) is 0 Å². The van der Waals surface area contributed by atoms with E-state index in [2.05, 4.69) is 43.1 Å². The normalized spacial score (nSPS) is 10.8. The number of anilines is 1. The highest BCUT2D eigenvalue weighted by atomic mass is 15.1. The van der Waals surface area contributed by atoms with Gasteiger partial charge in [0.15, 0.2) is 0 Å². The lowest BCUT2D eigenvalue weighted by atomic mass is 9.98. The van der Waals surface area contributed by atoms with E-state index < -0.39 is 0 Å². The van der Waals surface area contributed by atoms with Gasteiger partial charge in [-0.1, -0.05) is 6.07 Å². The van der Waals surface area contributed by atoms with Crippen LogP contribution in [0.15, 0.2) is 12.1 Å². The summed E-state index contributed by atoms with van der Waals surface area (Å²) < 4.78 is 0. The zero-order valence-corrected chi connectivity index (χ0v) is 10.2. The minimum absolute atomic E-state index is 0.742. The molecule has 1 heterocycles. The number of aromatic nitrogens is 2. The Hall–Kier alpha value is -1.77. The monoisotopic (exact) mass is 215 g/mol. The van der Waals surface area contributed by atoms with Crippen LogP contribution in [0.4, 0.5) is 5.69 Å². The fraction of sp³-hybridized carbons (Fsp3) is 0.308. The van der Waals surface area contributed by atoms with E-state index in [0.29, 0.717) is 0 Å². The summed E-state index contributed by atoms with van der Waals surface area (Å²) in [6.45, 7) is 8.24. The van der Waals surface area contributed by atoms with Gasteiger partial charge in [-0.15, -0.1) is 0 Å². The van der Waals surface area contributed by atoms with Crippen molar-refractivity contribution < 1.29 is 0 Å². The highest BCUT2D eigenvalue weighted by Crippen LogP contribution is 2.30. The number of nitrogens with two attached hydrogens (primary N) is 1. The number of hydrogen-bond acceptors (Lipinski definition) is 2. The fourth-order valence-electron chi connectivity index (χ4n) is 1.86. The van der Waals surface area contributed by atoms with Crippen molar-refractivity contribution in [2.75, 3.05) is 5.73 Å². The first-order valence-electron chi connectivity index (χ1n) is 5.39. The van der Waals surface area contributed by atoms with Gasteiger partial charge in [0.1, 0.15) is 5.69 Å². The SMILES string of the molecule is Cc1cc(C)c(-c2n[nH]c(C)c2N)cc1C. The molecular weight excluding hydrogens is 198 g/mol. The lowest BCUT2D eigenvalue weighted by molar-refractivity contribution is 1.05. The maximum Gasteiger partial charge on any atom is 0.116 e. The molecule has 0 aliphatic rings. The molecule has 0 fully saturated rings. The second kappa shape index (κ2) is 3.67. The van der Waals surface area contributed by atoms with Gasteiger partial charge in [-0.2, -0.15) is 5.10 Å². The van der Waals surface area contributed by atoms with Crippen molar-refractivity contribution in [1.29, 1.82) is 0 Å². The van der Waals surface area contributed by atoms with Crippen molar-refractivity contribution in [1.82, 2.24) is 10.2 Å². The van der Waals surface area contributed by atoms with Gasteiger partial charge in [-0.05, 0) is 50.5 Å². The Balaban J connectivity index is 2.65. The summed E-state index contributed by atoms with van der Waals surface area (Å²) in [5.41, 5.74) is 13.4. The van der Waals surface area contributed by atoms with Crippen LogP contribution in [0.1, 0.15) is 22.4 Å². The lowest BCUT2D eigenvalue weighted by Crippen LogP contribution is -1.93. The molecule has 0 saturated heterocycles. The topological polar surface area (TPSA) is 54.7 Å². The Morgan fingerprint density at radius 1 is 1.00 bits per heavy atom. The number of aromatic amines is 1. The molecule has 3 heteroatoms. The van der Waals surface area contributed by atoms with E-state index in [1.54, 1.807) is 0 Å². The Kier molecular flexibility index (Phi) is 2.46. The molecule has 2 rings (SSSR count). The van der Waals surface area contributed by atoms with Crippen LogP contribution in [-0.4, -0.2) is 10.2 Å². The molecule has 0 aliphatic carbocycles. The highest BCUT2D eigenvalue weighted by Gasteiger charge is 2.12. The maximum absolute atomic E-state index is 6.00. The van der Waals surface area contributed by atoms with Gasteiger partial charge in [0.2, 0.25) is 0 Å². The minimum atomic E-state index is 0.742. The Morgan fingerprint density at radius 2 is 1.62 bits per heavy atom. The molecule has 0 unspecified atom stereocenters. The summed E-state index contributed by atoms with van der Waals surface area (Å²) in [5.74, 6) is 0. The summed E-state index contributed by atoms with van der Waals surface area (Å²) in [6, 6.07) is 4.32. The highest BCUT2D eigenvalue weighted by molar-refractivity contribution is 5.77.